The van der Waals surface area contributed by atoms with Crippen molar-refractivity contribution in [1.29, 1.82) is 0 Å². The lowest BCUT2D eigenvalue weighted by Crippen LogP contribution is -2.35. The van der Waals surface area contributed by atoms with Gasteiger partial charge in [0.1, 0.15) is 0 Å². The van der Waals surface area contributed by atoms with Crippen LogP contribution in [0.3, 0.4) is 0 Å². The third-order valence-electron chi connectivity index (χ3n) is 6.02. The largest absolute Gasteiger partial charge is 0.356 e. The summed E-state index contributed by atoms with van der Waals surface area (Å²) in [6.45, 7) is 8.05. The van der Waals surface area contributed by atoms with Crippen molar-refractivity contribution in [3.05, 3.63) is 12.2 Å². The molecule has 1 atom stereocenters. The van der Waals surface area contributed by atoms with Crippen molar-refractivity contribution < 1.29 is 9.59 Å². The summed E-state index contributed by atoms with van der Waals surface area (Å²) < 4.78 is 0. The molecule has 0 rings (SSSR count). The molecule has 1 unspecified atom stereocenters. The van der Waals surface area contributed by atoms with Gasteiger partial charge >= 0.3 is 0 Å². The first kappa shape index (κ1) is 30.7. The second-order valence-corrected chi connectivity index (χ2v) is 9.26. The number of carbonyl (C=O) groups excluding carboxylic acids is 2. The van der Waals surface area contributed by atoms with Crippen LogP contribution in [0.1, 0.15) is 136 Å². The average Bonchev–Trinajstić information content (AvgIpc) is 2.79. The van der Waals surface area contributed by atoms with E-state index in [1.807, 2.05) is 6.08 Å². The fourth-order valence-electron chi connectivity index (χ4n) is 3.85. The Morgan fingerprint density at radius 3 is 1.66 bits per heavy atom. The number of hydrogen-bond acceptors (Lipinski definition) is 2. The molecule has 0 aromatic heterocycles. The Balaban J connectivity index is 4.31. The minimum Gasteiger partial charge on any atom is -0.356 e. The van der Waals surface area contributed by atoms with E-state index in [0.717, 1.165) is 32.1 Å². The van der Waals surface area contributed by atoms with Crippen molar-refractivity contribution in [2.75, 3.05) is 13.1 Å². The predicted molar refractivity (Wildman–Crippen MR) is 139 cm³/mol. The molecule has 0 fully saturated rings. The van der Waals surface area contributed by atoms with Crippen LogP contribution in [0, 0.1) is 5.92 Å². The highest BCUT2D eigenvalue weighted by Crippen LogP contribution is 2.12. The van der Waals surface area contributed by atoms with Crippen LogP contribution in [0.2, 0.25) is 0 Å². The number of amides is 2. The lowest BCUT2D eigenvalue weighted by molar-refractivity contribution is -0.128. The van der Waals surface area contributed by atoms with Crippen molar-refractivity contribution in [3.63, 3.8) is 0 Å². The van der Waals surface area contributed by atoms with Crippen molar-refractivity contribution >= 4 is 11.8 Å². The number of allylic oxidation sites excluding steroid dienone is 1. The number of rotatable bonds is 23. The summed E-state index contributed by atoms with van der Waals surface area (Å²) in [6.07, 6.45) is 24.9. The Kier molecular flexibility index (Phi) is 23.3. The van der Waals surface area contributed by atoms with Gasteiger partial charge in [-0.25, -0.2) is 0 Å². The summed E-state index contributed by atoms with van der Waals surface area (Å²) in [5, 5.41) is 6.04. The first-order valence-corrected chi connectivity index (χ1v) is 13.9. The van der Waals surface area contributed by atoms with Crippen LogP contribution in [0.5, 0.6) is 0 Å². The van der Waals surface area contributed by atoms with Crippen LogP contribution in [-0.2, 0) is 9.59 Å². The second kappa shape index (κ2) is 24.3. The van der Waals surface area contributed by atoms with Crippen molar-refractivity contribution in [1.82, 2.24) is 10.6 Å². The second-order valence-electron chi connectivity index (χ2n) is 9.26. The Morgan fingerprint density at radius 2 is 1.09 bits per heavy atom. The fourth-order valence-corrected chi connectivity index (χ4v) is 3.85. The number of unbranched alkanes of at least 4 members (excludes halogenated alkanes) is 14. The average molecular weight is 451 g/mol. The first-order valence-electron chi connectivity index (χ1n) is 13.9. The molecule has 0 aliphatic heterocycles. The third kappa shape index (κ3) is 20.6. The van der Waals surface area contributed by atoms with E-state index in [0.29, 0.717) is 13.1 Å². The molecule has 0 heterocycles. The highest BCUT2D eigenvalue weighted by atomic mass is 16.2. The van der Waals surface area contributed by atoms with Gasteiger partial charge in [0.15, 0.2) is 0 Å². The molecule has 2 amide bonds. The molecule has 0 spiro atoms. The van der Waals surface area contributed by atoms with Gasteiger partial charge < -0.3 is 10.6 Å². The van der Waals surface area contributed by atoms with Gasteiger partial charge in [-0.3, -0.25) is 9.59 Å². The molecule has 4 heteroatoms. The van der Waals surface area contributed by atoms with Gasteiger partial charge in [0.05, 0.1) is 5.92 Å². The highest BCUT2D eigenvalue weighted by Gasteiger charge is 2.18. The summed E-state index contributed by atoms with van der Waals surface area (Å²) in [7, 11) is 0. The van der Waals surface area contributed by atoms with Crippen LogP contribution in [-0.4, -0.2) is 24.9 Å². The third-order valence-corrected chi connectivity index (χ3v) is 6.02. The van der Waals surface area contributed by atoms with Gasteiger partial charge in [0.25, 0.3) is 0 Å². The van der Waals surface area contributed by atoms with Gasteiger partial charge in [-0.05, 0) is 25.7 Å². The van der Waals surface area contributed by atoms with Crippen molar-refractivity contribution in [2.45, 2.75) is 136 Å². The van der Waals surface area contributed by atoms with Gasteiger partial charge in [0.2, 0.25) is 11.8 Å². The minimum atomic E-state index is -0.356. The molecule has 0 saturated heterocycles. The van der Waals surface area contributed by atoms with E-state index in [9.17, 15) is 9.59 Å². The van der Waals surface area contributed by atoms with E-state index < -0.39 is 0 Å². The number of hydrogen-bond donors (Lipinski definition) is 2. The Morgan fingerprint density at radius 1 is 0.625 bits per heavy atom. The molecule has 2 N–H and O–H groups in total. The molecule has 188 valence electrons. The molecule has 0 bridgehead atoms. The van der Waals surface area contributed by atoms with Crippen molar-refractivity contribution in [2.24, 2.45) is 5.92 Å². The predicted octanol–water partition coefficient (Wildman–Crippen LogP) is 7.47. The molecule has 32 heavy (non-hydrogen) atoms. The quantitative estimate of drug-likeness (QED) is 0.125. The van der Waals surface area contributed by atoms with Crippen LogP contribution >= 0.6 is 0 Å². The van der Waals surface area contributed by atoms with Gasteiger partial charge in [-0.1, -0.05) is 116 Å². The van der Waals surface area contributed by atoms with Crippen LogP contribution in [0.4, 0.5) is 0 Å². The molecular formula is C28H54N2O2. The molecule has 0 radical (unpaired) electrons. The van der Waals surface area contributed by atoms with E-state index >= 15 is 0 Å². The fraction of sp³-hybridized carbons (Fsp3) is 0.857. The molecule has 0 aromatic rings. The maximum absolute atomic E-state index is 12.7. The molecule has 0 aliphatic rings. The highest BCUT2D eigenvalue weighted by molar-refractivity contribution is 5.87. The number of nitrogens with one attached hydrogen (secondary N) is 2. The molecule has 4 nitrogen and oxygen atoms in total. The Hall–Kier alpha value is -1.32. The lowest BCUT2D eigenvalue weighted by Gasteiger charge is -2.14. The lowest BCUT2D eigenvalue weighted by atomic mass is 10.0. The summed E-state index contributed by atoms with van der Waals surface area (Å²) in [4.78, 5) is 25.0. The van der Waals surface area contributed by atoms with E-state index in [4.69, 9.17) is 0 Å². The molecule has 0 saturated carbocycles. The Labute approximate surface area is 199 Å². The smallest absolute Gasteiger partial charge is 0.227 e. The monoisotopic (exact) mass is 450 g/mol. The van der Waals surface area contributed by atoms with Gasteiger partial charge in [-0.15, -0.1) is 0 Å². The van der Waals surface area contributed by atoms with E-state index in [1.165, 1.54) is 77.0 Å². The minimum absolute atomic E-state index is 0.00481. The molecule has 0 aliphatic carbocycles. The maximum atomic E-state index is 12.7. The summed E-state index contributed by atoms with van der Waals surface area (Å²) >= 11 is 0. The van der Waals surface area contributed by atoms with E-state index in [1.54, 1.807) is 0 Å². The van der Waals surface area contributed by atoms with E-state index in [-0.39, 0.29) is 24.2 Å². The van der Waals surface area contributed by atoms with Gasteiger partial charge in [-0.2, -0.15) is 0 Å². The number of carbonyl (C=O) groups is 2. The zero-order chi connectivity index (χ0) is 23.7. The van der Waals surface area contributed by atoms with Gasteiger partial charge in [0, 0.05) is 19.5 Å². The molecular weight excluding hydrogens is 396 g/mol. The Bertz CT molecular complexity index is 462. The van der Waals surface area contributed by atoms with Crippen LogP contribution < -0.4 is 10.6 Å². The zero-order valence-electron chi connectivity index (χ0n) is 21.7. The maximum Gasteiger partial charge on any atom is 0.227 e. The van der Waals surface area contributed by atoms with Crippen LogP contribution in [0.15, 0.2) is 12.2 Å². The van der Waals surface area contributed by atoms with Crippen molar-refractivity contribution in [3.8, 4) is 0 Å². The molecule has 0 aromatic carbocycles. The summed E-state index contributed by atoms with van der Waals surface area (Å²) in [5.74, 6) is -0.370. The topological polar surface area (TPSA) is 58.2 Å². The standard InChI is InChI=1S/C28H54N2O2/c1-4-7-10-13-14-15-16-17-18-19-22-26(28(32)30-24-21-12-9-6-3)25-27(31)29-23-20-11-8-5-2/h19,22,26H,4-18,20-21,23-25H2,1-3H3,(H,29,31)(H,30,32)/b22-19+. The summed E-state index contributed by atoms with van der Waals surface area (Å²) in [5.41, 5.74) is 0. The summed E-state index contributed by atoms with van der Waals surface area (Å²) in [6, 6.07) is 0. The first-order chi connectivity index (χ1) is 15.7. The van der Waals surface area contributed by atoms with E-state index in [2.05, 4.69) is 37.5 Å². The zero-order valence-corrected chi connectivity index (χ0v) is 21.7. The van der Waals surface area contributed by atoms with Crippen LogP contribution in [0.25, 0.3) is 0 Å². The normalized spacial score (nSPS) is 12.2. The SMILES string of the molecule is CCCCCCCCCC/C=C/C(CC(=O)NCCCCCC)C(=O)NCCCCCC.